The average molecular weight is 194 g/mol. The van der Waals surface area contributed by atoms with Gasteiger partial charge in [-0.05, 0) is 25.0 Å². The number of carbonyl (C=O) groups excluding carboxylic acids is 1. The molecule has 4 nitrogen and oxygen atoms in total. The van der Waals surface area contributed by atoms with Gasteiger partial charge in [0.15, 0.2) is 0 Å². The first-order valence-electron chi connectivity index (χ1n) is 4.49. The van der Waals surface area contributed by atoms with Gasteiger partial charge in [0, 0.05) is 12.1 Å². The van der Waals surface area contributed by atoms with Crippen molar-refractivity contribution in [3.63, 3.8) is 0 Å². The summed E-state index contributed by atoms with van der Waals surface area (Å²) in [5, 5.41) is 0. The fourth-order valence-electron chi connectivity index (χ4n) is 1.12. The molecule has 1 amide bonds. The molecule has 0 bridgehead atoms. The van der Waals surface area contributed by atoms with Crippen molar-refractivity contribution >= 4 is 5.91 Å². The SMILES string of the molecule is COc1ccc(CCCC(N)=O)nc1. The van der Waals surface area contributed by atoms with E-state index in [4.69, 9.17) is 10.5 Å². The van der Waals surface area contributed by atoms with Gasteiger partial charge in [-0.15, -0.1) is 0 Å². The first-order valence-corrected chi connectivity index (χ1v) is 4.49. The van der Waals surface area contributed by atoms with Crippen LogP contribution in [0.4, 0.5) is 0 Å². The van der Waals surface area contributed by atoms with Gasteiger partial charge in [0.1, 0.15) is 5.75 Å². The molecule has 1 aromatic heterocycles. The Morgan fingerprint density at radius 2 is 2.36 bits per heavy atom. The van der Waals surface area contributed by atoms with E-state index < -0.39 is 0 Å². The highest BCUT2D eigenvalue weighted by atomic mass is 16.5. The number of aromatic nitrogens is 1. The van der Waals surface area contributed by atoms with Crippen molar-refractivity contribution < 1.29 is 9.53 Å². The maximum Gasteiger partial charge on any atom is 0.217 e. The molecular formula is C10H14N2O2. The molecule has 0 aliphatic carbocycles. The van der Waals surface area contributed by atoms with Crippen LogP contribution in [0.15, 0.2) is 18.3 Å². The minimum Gasteiger partial charge on any atom is -0.495 e. The minimum absolute atomic E-state index is 0.265. The molecule has 0 unspecified atom stereocenters. The van der Waals surface area contributed by atoms with Crippen LogP contribution in [0.5, 0.6) is 5.75 Å². The van der Waals surface area contributed by atoms with E-state index in [1.54, 1.807) is 13.3 Å². The zero-order valence-electron chi connectivity index (χ0n) is 8.19. The lowest BCUT2D eigenvalue weighted by Crippen LogP contribution is -2.10. The summed E-state index contributed by atoms with van der Waals surface area (Å²) in [6.45, 7) is 0. The topological polar surface area (TPSA) is 65.2 Å². The Bertz CT molecular complexity index is 295. The normalized spacial score (nSPS) is 9.79. The van der Waals surface area contributed by atoms with Crippen LogP contribution in [0.3, 0.4) is 0 Å². The highest BCUT2D eigenvalue weighted by Gasteiger charge is 1.98. The maximum absolute atomic E-state index is 10.5. The summed E-state index contributed by atoms with van der Waals surface area (Å²) in [7, 11) is 1.60. The highest BCUT2D eigenvalue weighted by molar-refractivity contribution is 5.73. The van der Waals surface area contributed by atoms with Gasteiger partial charge < -0.3 is 10.5 Å². The Balaban J connectivity index is 2.40. The number of carbonyl (C=O) groups is 1. The average Bonchev–Trinajstić information content (AvgIpc) is 2.18. The third-order valence-electron chi connectivity index (χ3n) is 1.89. The Morgan fingerprint density at radius 3 is 2.86 bits per heavy atom. The minimum atomic E-state index is -0.265. The molecule has 14 heavy (non-hydrogen) atoms. The van der Waals surface area contributed by atoms with E-state index >= 15 is 0 Å². The molecule has 0 aromatic carbocycles. The second-order valence-electron chi connectivity index (χ2n) is 3.01. The van der Waals surface area contributed by atoms with Gasteiger partial charge in [0.05, 0.1) is 13.3 Å². The second-order valence-corrected chi connectivity index (χ2v) is 3.01. The maximum atomic E-state index is 10.5. The van der Waals surface area contributed by atoms with Crippen molar-refractivity contribution in [2.45, 2.75) is 19.3 Å². The van der Waals surface area contributed by atoms with E-state index in [1.165, 1.54) is 0 Å². The van der Waals surface area contributed by atoms with Crippen molar-refractivity contribution in [2.24, 2.45) is 5.73 Å². The molecule has 1 heterocycles. The zero-order chi connectivity index (χ0) is 10.4. The second kappa shape index (κ2) is 5.21. The molecule has 0 aliphatic rings. The van der Waals surface area contributed by atoms with E-state index in [0.717, 1.165) is 24.3 Å². The molecule has 1 aromatic rings. The molecule has 0 saturated heterocycles. The van der Waals surface area contributed by atoms with Crippen LogP contribution >= 0.6 is 0 Å². The van der Waals surface area contributed by atoms with Gasteiger partial charge in [-0.25, -0.2) is 0 Å². The van der Waals surface area contributed by atoms with Crippen LogP contribution in [0.25, 0.3) is 0 Å². The van der Waals surface area contributed by atoms with Crippen molar-refractivity contribution in [1.29, 1.82) is 0 Å². The lowest BCUT2D eigenvalue weighted by molar-refractivity contribution is -0.118. The summed E-state index contributed by atoms with van der Waals surface area (Å²) >= 11 is 0. The highest BCUT2D eigenvalue weighted by Crippen LogP contribution is 2.09. The quantitative estimate of drug-likeness (QED) is 0.757. The predicted octanol–water partition coefficient (Wildman–Crippen LogP) is 0.898. The Hall–Kier alpha value is -1.58. The standard InChI is InChI=1S/C10H14N2O2/c1-14-9-6-5-8(12-7-9)3-2-4-10(11)13/h5-7H,2-4H2,1H3,(H2,11,13). The number of rotatable bonds is 5. The molecule has 76 valence electrons. The van der Waals surface area contributed by atoms with Gasteiger partial charge in [0.2, 0.25) is 5.91 Å². The van der Waals surface area contributed by atoms with Gasteiger partial charge in [-0.2, -0.15) is 0 Å². The predicted molar refractivity (Wildman–Crippen MR) is 52.9 cm³/mol. The number of hydrogen-bond acceptors (Lipinski definition) is 3. The van der Waals surface area contributed by atoms with E-state index in [9.17, 15) is 4.79 Å². The van der Waals surface area contributed by atoms with E-state index in [1.807, 2.05) is 12.1 Å². The summed E-state index contributed by atoms with van der Waals surface area (Å²) in [5.41, 5.74) is 5.97. The molecule has 0 atom stereocenters. The Kier molecular flexibility index (Phi) is 3.91. The number of aryl methyl sites for hydroxylation is 1. The van der Waals surface area contributed by atoms with Crippen LogP contribution in [0, 0.1) is 0 Å². The Morgan fingerprint density at radius 1 is 1.57 bits per heavy atom. The summed E-state index contributed by atoms with van der Waals surface area (Å²) < 4.78 is 4.98. The van der Waals surface area contributed by atoms with E-state index in [0.29, 0.717) is 6.42 Å². The van der Waals surface area contributed by atoms with Crippen LogP contribution in [0.1, 0.15) is 18.5 Å². The van der Waals surface area contributed by atoms with Crippen molar-refractivity contribution in [3.05, 3.63) is 24.0 Å². The molecule has 1 rings (SSSR count). The van der Waals surface area contributed by atoms with Crippen molar-refractivity contribution in [1.82, 2.24) is 4.98 Å². The number of primary amides is 1. The summed E-state index contributed by atoms with van der Waals surface area (Å²) in [4.78, 5) is 14.6. The lowest BCUT2D eigenvalue weighted by Gasteiger charge is -2.01. The van der Waals surface area contributed by atoms with Gasteiger partial charge in [-0.3, -0.25) is 9.78 Å². The van der Waals surface area contributed by atoms with Gasteiger partial charge in [-0.1, -0.05) is 0 Å². The molecule has 0 radical (unpaired) electrons. The number of pyridine rings is 1. The number of methoxy groups -OCH3 is 1. The number of hydrogen-bond donors (Lipinski definition) is 1. The fourth-order valence-corrected chi connectivity index (χ4v) is 1.12. The number of ether oxygens (including phenoxy) is 1. The monoisotopic (exact) mass is 194 g/mol. The number of nitrogens with two attached hydrogens (primary N) is 1. The van der Waals surface area contributed by atoms with Gasteiger partial charge in [0.25, 0.3) is 0 Å². The van der Waals surface area contributed by atoms with Crippen molar-refractivity contribution in [3.8, 4) is 5.75 Å². The van der Waals surface area contributed by atoms with Crippen LogP contribution in [-0.4, -0.2) is 18.0 Å². The van der Waals surface area contributed by atoms with E-state index in [2.05, 4.69) is 4.98 Å². The molecule has 0 spiro atoms. The van der Waals surface area contributed by atoms with Gasteiger partial charge >= 0.3 is 0 Å². The third kappa shape index (κ3) is 3.43. The number of amides is 1. The summed E-state index contributed by atoms with van der Waals surface area (Å²) in [6, 6.07) is 3.74. The van der Waals surface area contributed by atoms with Crippen LogP contribution in [-0.2, 0) is 11.2 Å². The third-order valence-corrected chi connectivity index (χ3v) is 1.89. The lowest BCUT2D eigenvalue weighted by atomic mass is 10.2. The molecule has 0 saturated carbocycles. The smallest absolute Gasteiger partial charge is 0.217 e. The Labute approximate surface area is 83.1 Å². The molecule has 4 heteroatoms. The molecule has 2 N–H and O–H groups in total. The summed E-state index contributed by atoms with van der Waals surface area (Å²) in [5.74, 6) is 0.474. The summed E-state index contributed by atoms with van der Waals surface area (Å²) in [6.07, 6.45) is 3.59. The van der Waals surface area contributed by atoms with Crippen LogP contribution < -0.4 is 10.5 Å². The number of nitrogens with zero attached hydrogens (tertiary/aromatic N) is 1. The van der Waals surface area contributed by atoms with Crippen LogP contribution in [0.2, 0.25) is 0 Å². The largest absolute Gasteiger partial charge is 0.495 e. The molecular weight excluding hydrogens is 180 g/mol. The first kappa shape index (κ1) is 10.5. The molecule has 0 fully saturated rings. The van der Waals surface area contributed by atoms with E-state index in [-0.39, 0.29) is 5.91 Å². The first-order chi connectivity index (χ1) is 6.72. The zero-order valence-corrected chi connectivity index (χ0v) is 8.19. The fraction of sp³-hybridized carbons (Fsp3) is 0.400. The molecule has 0 aliphatic heterocycles. The van der Waals surface area contributed by atoms with Crippen molar-refractivity contribution in [2.75, 3.05) is 7.11 Å².